The minimum absolute atomic E-state index is 0.314. The summed E-state index contributed by atoms with van der Waals surface area (Å²) >= 11 is 7.45. The molecule has 0 aromatic heterocycles. The number of hydrogen-bond donors (Lipinski definition) is 1. The summed E-state index contributed by atoms with van der Waals surface area (Å²) < 4.78 is 0. The first-order chi connectivity index (χ1) is 9.56. The number of benzene rings is 2. The summed E-state index contributed by atoms with van der Waals surface area (Å²) in [7, 11) is 0. The van der Waals surface area contributed by atoms with Gasteiger partial charge in [0.15, 0.2) is 0 Å². The van der Waals surface area contributed by atoms with Gasteiger partial charge in [-0.3, -0.25) is 0 Å². The highest BCUT2D eigenvalue weighted by Crippen LogP contribution is 2.32. The molecule has 20 heavy (non-hydrogen) atoms. The summed E-state index contributed by atoms with van der Waals surface area (Å²) in [6.45, 7) is 1.59. The van der Waals surface area contributed by atoms with Crippen molar-refractivity contribution in [1.82, 2.24) is 0 Å². The highest BCUT2D eigenvalue weighted by Gasteiger charge is 2.05. The van der Waals surface area contributed by atoms with Gasteiger partial charge in [0.2, 0.25) is 0 Å². The summed E-state index contributed by atoms with van der Waals surface area (Å²) in [4.78, 5) is 13.0. The highest BCUT2D eigenvalue weighted by atomic mass is 35.5. The molecular formula is C16H13ClO2S. The van der Waals surface area contributed by atoms with Gasteiger partial charge < -0.3 is 5.11 Å². The van der Waals surface area contributed by atoms with Crippen molar-refractivity contribution in [2.75, 3.05) is 0 Å². The van der Waals surface area contributed by atoms with Gasteiger partial charge in [-0.2, -0.15) is 0 Å². The van der Waals surface area contributed by atoms with Crippen molar-refractivity contribution in [3.63, 3.8) is 0 Å². The van der Waals surface area contributed by atoms with Crippen molar-refractivity contribution in [2.45, 2.75) is 16.7 Å². The van der Waals surface area contributed by atoms with Crippen molar-refractivity contribution in [2.24, 2.45) is 0 Å². The molecule has 0 bridgehead atoms. The van der Waals surface area contributed by atoms with Gasteiger partial charge in [-0.05, 0) is 48.9 Å². The summed E-state index contributed by atoms with van der Waals surface area (Å²) in [6.07, 6.45) is 1.68. The van der Waals surface area contributed by atoms with Crippen LogP contribution in [-0.4, -0.2) is 11.1 Å². The van der Waals surface area contributed by atoms with Crippen LogP contribution in [-0.2, 0) is 4.79 Å². The molecule has 0 spiro atoms. The molecule has 0 aliphatic heterocycles. The molecule has 0 unspecified atom stereocenters. The molecule has 0 saturated heterocycles. The second kappa shape index (κ2) is 6.64. The van der Waals surface area contributed by atoms with Crippen LogP contribution < -0.4 is 0 Å². The second-order valence-electron chi connectivity index (χ2n) is 4.23. The lowest BCUT2D eigenvalue weighted by atomic mass is 10.1. The maximum absolute atomic E-state index is 10.9. The molecule has 2 aromatic carbocycles. The molecule has 2 aromatic rings. The maximum atomic E-state index is 10.9. The van der Waals surface area contributed by atoms with E-state index in [-0.39, 0.29) is 0 Å². The van der Waals surface area contributed by atoms with Crippen molar-refractivity contribution >= 4 is 35.4 Å². The maximum Gasteiger partial charge on any atom is 0.331 e. The monoisotopic (exact) mass is 304 g/mol. The molecule has 0 saturated carbocycles. The number of halogens is 1. The zero-order valence-corrected chi connectivity index (χ0v) is 12.4. The molecule has 0 amide bonds. The van der Waals surface area contributed by atoms with Gasteiger partial charge in [-0.1, -0.05) is 41.6 Å². The van der Waals surface area contributed by atoms with E-state index in [1.54, 1.807) is 24.8 Å². The molecule has 0 atom stereocenters. The lowest BCUT2D eigenvalue weighted by Crippen LogP contribution is -1.95. The largest absolute Gasteiger partial charge is 0.478 e. The van der Waals surface area contributed by atoms with Crippen LogP contribution in [0.4, 0.5) is 0 Å². The minimum atomic E-state index is -0.906. The van der Waals surface area contributed by atoms with E-state index in [2.05, 4.69) is 0 Å². The standard InChI is InChI=1S/C16H13ClO2S/c1-11(16(18)19)10-12-4-2-3-5-15(12)20-14-8-6-13(17)7-9-14/h2-10H,1H3,(H,18,19)/b11-10+. The molecule has 0 radical (unpaired) electrons. The summed E-state index contributed by atoms with van der Waals surface area (Å²) in [5, 5.41) is 9.66. The molecule has 2 rings (SSSR count). The van der Waals surface area contributed by atoms with Crippen LogP contribution in [0.1, 0.15) is 12.5 Å². The Kier molecular flexibility index (Phi) is 4.88. The molecule has 1 N–H and O–H groups in total. The fourth-order valence-corrected chi connectivity index (χ4v) is 2.66. The summed E-state index contributed by atoms with van der Waals surface area (Å²) in [5.41, 5.74) is 1.21. The molecule has 4 heteroatoms. The number of aliphatic carboxylic acids is 1. The Morgan fingerprint density at radius 2 is 1.80 bits per heavy atom. The lowest BCUT2D eigenvalue weighted by molar-refractivity contribution is -0.132. The van der Waals surface area contributed by atoms with Crippen LogP contribution in [0.3, 0.4) is 0 Å². The number of carbonyl (C=O) groups is 1. The first-order valence-corrected chi connectivity index (χ1v) is 7.20. The summed E-state index contributed by atoms with van der Waals surface area (Å²) in [5.74, 6) is -0.906. The van der Waals surface area contributed by atoms with Crippen molar-refractivity contribution < 1.29 is 9.90 Å². The molecule has 0 fully saturated rings. The second-order valence-corrected chi connectivity index (χ2v) is 5.78. The van der Waals surface area contributed by atoms with Gasteiger partial charge in [-0.15, -0.1) is 0 Å². The Labute approximate surface area is 127 Å². The van der Waals surface area contributed by atoms with Gasteiger partial charge in [0.05, 0.1) is 0 Å². The van der Waals surface area contributed by atoms with Crippen molar-refractivity contribution in [3.8, 4) is 0 Å². The van der Waals surface area contributed by atoms with E-state index in [1.807, 2.05) is 48.5 Å². The third-order valence-corrected chi connectivity index (χ3v) is 4.02. The van der Waals surface area contributed by atoms with Crippen LogP contribution >= 0.6 is 23.4 Å². The predicted octanol–water partition coefficient (Wildman–Crippen LogP) is 4.98. The Hall–Kier alpha value is -1.71. The average Bonchev–Trinajstić information content (AvgIpc) is 2.43. The molecule has 102 valence electrons. The molecule has 0 heterocycles. The zero-order chi connectivity index (χ0) is 14.5. The molecule has 2 nitrogen and oxygen atoms in total. The van der Waals surface area contributed by atoms with Crippen LogP contribution in [0.5, 0.6) is 0 Å². The van der Waals surface area contributed by atoms with Crippen LogP contribution in [0.15, 0.2) is 63.9 Å². The summed E-state index contributed by atoms with van der Waals surface area (Å²) in [6, 6.07) is 15.3. The quantitative estimate of drug-likeness (QED) is 0.809. The van der Waals surface area contributed by atoms with E-state index in [0.29, 0.717) is 10.6 Å². The molecule has 0 aliphatic rings. The lowest BCUT2D eigenvalue weighted by Gasteiger charge is -2.06. The Morgan fingerprint density at radius 3 is 2.45 bits per heavy atom. The molecular weight excluding hydrogens is 292 g/mol. The topological polar surface area (TPSA) is 37.3 Å². The van der Waals surface area contributed by atoms with E-state index in [9.17, 15) is 4.79 Å². The number of carboxylic acids is 1. The smallest absolute Gasteiger partial charge is 0.331 e. The van der Waals surface area contributed by atoms with Crippen molar-refractivity contribution in [3.05, 3.63) is 64.7 Å². The van der Waals surface area contributed by atoms with Crippen LogP contribution in [0.2, 0.25) is 5.02 Å². The number of carboxylic acid groups (broad SMARTS) is 1. The van der Waals surface area contributed by atoms with Gasteiger partial charge in [0.25, 0.3) is 0 Å². The number of hydrogen-bond acceptors (Lipinski definition) is 2. The normalized spacial score (nSPS) is 11.4. The van der Waals surface area contributed by atoms with E-state index in [1.165, 1.54) is 0 Å². The van der Waals surface area contributed by atoms with Crippen molar-refractivity contribution in [1.29, 1.82) is 0 Å². The zero-order valence-electron chi connectivity index (χ0n) is 10.8. The van der Waals surface area contributed by atoms with E-state index in [4.69, 9.17) is 16.7 Å². The van der Waals surface area contributed by atoms with E-state index in [0.717, 1.165) is 15.4 Å². The van der Waals surface area contributed by atoms with Gasteiger partial charge >= 0.3 is 5.97 Å². The highest BCUT2D eigenvalue weighted by molar-refractivity contribution is 7.99. The SMILES string of the molecule is C/C(=C\c1ccccc1Sc1ccc(Cl)cc1)C(=O)O. The average molecular weight is 305 g/mol. The predicted molar refractivity (Wildman–Crippen MR) is 83.3 cm³/mol. The number of rotatable bonds is 4. The van der Waals surface area contributed by atoms with E-state index < -0.39 is 5.97 Å². The first-order valence-electron chi connectivity index (χ1n) is 6.00. The Balaban J connectivity index is 2.30. The Bertz CT molecular complexity index is 648. The third kappa shape index (κ3) is 3.89. The third-order valence-electron chi connectivity index (χ3n) is 2.67. The van der Waals surface area contributed by atoms with Gasteiger partial charge in [-0.25, -0.2) is 4.79 Å². The molecule has 0 aliphatic carbocycles. The van der Waals surface area contributed by atoms with Crippen LogP contribution in [0, 0.1) is 0 Å². The van der Waals surface area contributed by atoms with E-state index >= 15 is 0 Å². The fraction of sp³-hybridized carbons (Fsp3) is 0.0625. The van der Waals surface area contributed by atoms with Gasteiger partial charge in [0, 0.05) is 20.4 Å². The minimum Gasteiger partial charge on any atom is -0.478 e. The van der Waals surface area contributed by atoms with Gasteiger partial charge in [0.1, 0.15) is 0 Å². The first kappa shape index (κ1) is 14.7. The fourth-order valence-electron chi connectivity index (χ4n) is 1.62. The Morgan fingerprint density at radius 1 is 1.15 bits per heavy atom. The van der Waals surface area contributed by atoms with Crippen LogP contribution in [0.25, 0.3) is 6.08 Å².